The third kappa shape index (κ3) is 2.31. The monoisotopic (exact) mass is 201 g/mol. The number of amidine groups is 1. The molecule has 3 nitrogen and oxygen atoms in total. The van der Waals surface area contributed by atoms with Crippen molar-refractivity contribution in [2.24, 2.45) is 15.7 Å². The van der Waals surface area contributed by atoms with Crippen LogP contribution in [0.15, 0.2) is 20.5 Å². The van der Waals surface area contributed by atoms with E-state index >= 15 is 0 Å². The minimum atomic E-state index is 0.496. The number of nitrogens with two attached hydrogens (primary N) is 1. The molecule has 1 heterocycles. The van der Waals surface area contributed by atoms with Crippen molar-refractivity contribution < 1.29 is 0 Å². The molecule has 10 heavy (non-hydrogen) atoms. The zero-order valence-electron chi connectivity index (χ0n) is 5.42. The van der Waals surface area contributed by atoms with Gasteiger partial charge >= 0.3 is 0 Å². The molecule has 0 bridgehead atoms. The Hall–Kier alpha value is -0.640. The highest BCUT2D eigenvalue weighted by Crippen LogP contribution is 2.10. The number of nitrogens with zero attached hydrogens (tertiary/aromatic N) is 2. The van der Waals surface area contributed by atoms with Gasteiger partial charge in [0.05, 0.1) is 0 Å². The van der Waals surface area contributed by atoms with E-state index in [0.717, 1.165) is 17.4 Å². The molecule has 0 aromatic rings. The van der Waals surface area contributed by atoms with E-state index in [0.29, 0.717) is 5.84 Å². The number of rotatable bonds is 0. The van der Waals surface area contributed by atoms with E-state index in [1.807, 2.05) is 0 Å². The van der Waals surface area contributed by atoms with Crippen LogP contribution in [0.4, 0.5) is 0 Å². The molecule has 1 aliphatic rings. The number of hydrogen-bond acceptors (Lipinski definition) is 3. The maximum Gasteiger partial charge on any atom is 0.125 e. The van der Waals surface area contributed by atoms with Gasteiger partial charge in [0.25, 0.3) is 0 Å². The van der Waals surface area contributed by atoms with Crippen LogP contribution < -0.4 is 5.73 Å². The van der Waals surface area contributed by atoms with Crippen molar-refractivity contribution in [2.75, 3.05) is 6.54 Å². The molecule has 2 N–H and O–H groups in total. The molecular weight excluding hydrogens is 194 g/mol. The molecule has 0 aromatic heterocycles. The second-order valence-electron chi connectivity index (χ2n) is 1.92. The first-order valence-corrected chi connectivity index (χ1v) is 3.76. The van der Waals surface area contributed by atoms with Gasteiger partial charge in [0.15, 0.2) is 0 Å². The number of aliphatic imine (C=N–C) groups is 2. The first-order chi connectivity index (χ1) is 4.79. The molecule has 0 saturated heterocycles. The summed E-state index contributed by atoms with van der Waals surface area (Å²) in [5.74, 6) is 0.496. The first-order valence-electron chi connectivity index (χ1n) is 2.96. The van der Waals surface area contributed by atoms with Crippen LogP contribution in [-0.4, -0.2) is 18.7 Å². The van der Waals surface area contributed by atoms with Gasteiger partial charge in [-0.1, -0.05) is 15.9 Å². The summed E-state index contributed by atoms with van der Waals surface area (Å²) in [5.41, 5.74) is 5.45. The van der Waals surface area contributed by atoms with Crippen molar-refractivity contribution in [3.63, 3.8) is 0 Å². The van der Waals surface area contributed by atoms with Crippen LogP contribution in [0.3, 0.4) is 0 Å². The second kappa shape index (κ2) is 3.51. The summed E-state index contributed by atoms with van der Waals surface area (Å²) in [7, 11) is 0. The molecule has 0 unspecified atom stereocenters. The quantitative estimate of drug-likeness (QED) is 0.627. The third-order valence-electron chi connectivity index (χ3n) is 1.07. The van der Waals surface area contributed by atoms with E-state index in [1.54, 1.807) is 6.08 Å². The zero-order chi connectivity index (χ0) is 7.40. The van der Waals surface area contributed by atoms with Crippen LogP contribution in [0.1, 0.15) is 6.42 Å². The number of hydrogen-bond donors (Lipinski definition) is 1. The lowest BCUT2D eigenvalue weighted by atomic mass is 10.3. The van der Waals surface area contributed by atoms with Crippen LogP contribution >= 0.6 is 15.9 Å². The fourth-order valence-corrected chi connectivity index (χ4v) is 1.02. The SMILES string of the molecule is NC1=N/C=N\CC/C(Br)=C\1. The lowest BCUT2D eigenvalue weighted by Gasteiger charge is -1.98. The molecule has 0 fully saturated rings. The van der Waals surface area contributed by atoms with Crippen molar-refractivity contribution in [1.29, 1.82) is 0 Å². The van der Waals surface area contributed by atoms with Crippen LogP contribution in [0.2, 0.25) is 0 Å². The van der Waals surface area contributed by atoms with E-state index in [9.17, 15) is 0 Å². The van der Waals surface area contributed by atoms with Gasteiger partial charge in [-0.3, -0.25) is 4.99 Å². The van der Waals surface area contributed by atoms with Crippen molar-refractivity contribution in [2.45, 2.75) is 6.42 Å². The summed E-state index contributed by atoms with van der Waals surface area (Å²) in [4.78, 5) is 7.80. The molecular formula is C6H8BrN3. The molecule has 0 aromatic carbocycles. The predicted octanol–water partition coefficient (Wildman–Crippen LogP) is 1.05. The summed E-state index contributed by atoms with van der Waals surface area (Å²) < 4.78 is 1.05. The van der Waals surface area contributed by atoms with E-state index in [2.05, 4.69) is 25.9 Å². The molecule has 1 rings (SSSR count). The van der Waals surface area contributed by atoms with Crippen molar-refractivity contribution in [1.82, 2.24) is 0 Å². The van der Waals surface area contributed by atoms with Crippen LogP contribution in [0.5, 0.6) is 0 Å². The molecule has 1 aliphatic heterocycles. The van der Waals surface area contributed by atoms with Gasteiger partial charge in [-0.05, 0) is 12.5 Å². The van der Waals surface area contributed by atoms with Gasteiger partial charge in [-0.15, -0.1) is 0 Å². The van der Waals surface area contributed by atoms with E-state index < -0.39 is 0 Å². The Kier molecular flexibility index (Phi) is 2.62. The Labute approximate surface area is 67.9 Å². The van der Waals surface area contributed by atoms with E-state index in [-0.39, 0.29) is 0 Å². The van der Waals surface area contributed by atoms with Crippen molar-refractivity contribution in [3.8, 4) is 0 Å². The van der Waals surface area contributed by atoms with Gasteiger partial charge in [-0.2, -0.15) is 0 Å². The normalized spacial score (nSPS) is 32.5. The molecule has 0 spiro atoms. The maximum atomic E-state index is 5.45. The Morgan fingerprint density at radius 1 is 1.60 bits per heavy atom. The molecule has 0 aliphatic carbocycles. The van der Waals surface area contributed by atoms with Crippen LogP contribution in [-0.2, 0) is 0 Å². The highest BCUT2D eigenvalue weighted by Gasteiger charge is 1.94. The second-order valence-corrected chi connectivity index (χ2v) is 2.94. The summed E-state index contributed by atoms with van der Waals surface area (Å²) in [6, 6.07) is 0. The molecule has 54 valence electrons. The fourth-order valence-electron chi connectivity index (χ4n) is 0.606. The summed E-state index contributed by atoms with van der Waals surface area (Å²) in [6.07, 6.45) is 4.18. The largest absolute Gasteiger partial charge is 0.384 e. The maximum absolute atomic E-state index is 5.45. The van der Waals surface area contributed by atoms with Gasteiger partial charge in [0.1, 0.15) is 12.2 Å². The Balaban J connectivity index is 2.77. The average Bonchev–Trinajstić information content (AvgIpc) is 1.83. The molecule has 0 saturated carbocycles. The van der Waals surface area contributed by atoms with Crippen molar-refractivity contribution >= 4 is 28.1 Å². The minimum absolute atomic E-state index is 0.496. The molecule has 4 heteroatoms. The van der Waals surface area contributed by atoms with E-state index in [4.69, 9.17) is 5.73 Å². The highest BCUT2D eigenvalue weighted by molar-refractivity contribution is 9.11. The summed E-state index contributed by atoms with van der Waals surface area (Å²) in [5, 5.41) is 0. The lowest BCUT2D eigenvalue weighted by molar-refractivity contribution is 0.999. The Morgan fingerprint density at radius 2 is 2.40 bits per heavy atom. The Morgan fingerprint density at radius 3 is 3.20 bits per heavy atom. The zero-order valence-corrected chi connectivity index (χ0v) is 7.00. The third-order valence-corrected chi connectivity index (χ3v) is 1.70. The lowest BCUT2D eigenvalue weighted by Crippen LogP contribution is -2.09. The standard InChI is InChI=1S/C6H8BrN3/c7-5-1-2-9-4-10-6(8)3-5/h3-4H,1-2H2,(H2,8,9,10)/b5-3+. The minimum Gasteiger partial charge on any atom is -0.384 e. The fraction of sp³-hybridized carbons (Fsp3) is 0.333. The van der Waals surface area contributed by atoms with E-state index in [1.165, 1.54) is 6.34 Å². The van der Waals surface area contributed by atoms with Gasteiger partial charge in [0, 0.05) is 11.0 Å². The Bertz CT molecular complexity index is 205. The average molecular weight is 202 g/mol. The summed E-state index contributed by atoms with van der Waals surface area (Å²) in [6.45, 7) is 0.772. The van der Waals surface area contributed by atoms with Gasteiger partial charge in [0.2, 0.25) is 0 Å². The molecule has 0 atom stereocenters. The summed E-state index contributed by atoms with van der Waals surface area (Å²) >= 11 is 3.34. The van der Waals surface area contributed by atoms with Gasteiger partial charge in [-0.25, -0.2) is 4.99 Å². The topological polar surface area (TPSA) is 50.7 Å². The van der Waals surface area contributed by atoms with Gasteiger partial charge < -0.3 is 5.73 Å². The highest BCUT2D eigenvalue weighted by atomic mass is 79.9. The van der Waals surface area contributed by atoms with Crippen LogP contribution in [0.25, 0.3) is 0 Å². The van der Waals surface area contributed by atoms with Crippen molar-refractivity contribution in [3.05, 3.63) is 10.6 Å². The first kappa shape index (κ1) is 7.47. The molecule has 0 radical (unpaired) electrons. The smallest absolute Gasteiger partial charge is 0.125 e. The van der Waals surface area contributed by atoms with Crippen LogP contribution in [0, 0.1) is 0 Å². The predicted molar refractivity (Wildman–Crippen MR) is 46.6 cm³/mol. The molecule has 0 amide bonds. The number of halogens is 1.